The summed E-state index contributed by atoms with van der Waals surface area (Å²) in [4.78, 5) is 0.0555. The predicted octanol–water partition coefficient (Wildman–Crippen LogP) is 1.82. The zero-order valence-electron chi connectivity index (χ0n) is 11.5. The van der Waals surface area contributed by atoms with E-state index in [9.17, 15) is 17.2 Å². The number of aryl methyl sites for hydroxylation is 1. The van der Waals surface area contributed by atoms with Crippen LogP contribution < -0.4 is 10.0 Å². The molecule has 0 aliphatic heterocycles. The smallest absolute Gasteiger partial charge is 0.263 e. The number of rotatable bonds is 5. The van der Waals surface area contributed by atoms with Crippen LogP contribution in [0.25, 0.3) is 0 Å². The molecule has 5 nitrogen and oxygen atoms in total. The second-order valence-corrected chi connectivity index (χ2v) is 6.23. The van der Waals surface area contributed by atoms with E-state index in [0.717, 1.165) is 23.9 Å². The fraction of sp³-hybridized carbons (Fsp3) is 0.231. The molecule has 2 rings (SSSR count). The Morgan fingerprint density at radius 2 is 1.90 bits per heavy atom. The van der Waals surface area contributed by atoms with Crippen molar-refractivity contribution >= 4 is 15.7 Å². The summed E-state index contributed by atoms with van der Waals surface area (Å²) in [5.74, 6) is -2.15. The molecule has 0 aliphatic carbocycles. The number of hydrogen-bond acceptors (Lipinski definition) is 3. The van der Waals surface area contributed by atoms with Gasteiger partial charge in [-0.05, 0) is 25.2 Å². The van der Waals surface area contributed by atoms with Crippen LogP contribution in [0.15, 0.2) is 35.4 Å². The van der Waals surface area contributed by atoms with Gasteiger partial charge in [-0.1, -0.05) is 0 Å². The van der Waals surface area contributed by atoms with Crippen LogP contribution in [0.2, 0.25) is 0 Å². The minimum Gasteiger partial charge on any atom is -0.352 e. The Balaban J connectivity index is 2.29. The maximum absolute atomic E-state index is 13.1. The van der Waals surface area contributed by atoms with Crippen LogP contribution >= 0.6 is 0 Å². The Hall–Kier alpha value is -1.93. The summed E-state index contributed by atoms with van der Waals surface area (Å²) in [5.41, 5.74) is 0.746. The lowest BCUT2D eigenvalue weighted by molar-refractivity contribution is 0.509. The SMILES string of the molecule is CNCc1cc(S(=O)(=O)Nc2ccc(F)c(F)c2)cn1C. The molecular weight excluding hydrogens is 300 g/mol. The fourth-order valence-electron chi connectivity index (χ4n) is 1.85. The molecule has 0 radical (unpaired) electrons. The molecule has 0 fully saturated rings. The molecule has 0 atom stereocenters. The van der Waals surface area contributed by atoms with Crippen LogP contribution in [-0.2, 0) is 23.6 Å². The van der Waals surface area contributed by atoms with Crippen molar-refractivity contribution in [3.63, 3.8) is 0 Å². The van der Waals surface area contributed by atoms with Crippen molar-refractivity contribution < 1.29 is 17.2 Å². The standard InChI is InChI=1S/C13H15F2N3O2S/c1-16-7-10-6-11(8-18(10)2)21(19,20)17-9-3-4-12(14)13(15)5-9/h3-6,8,16-17H,7H2,1-2H3. The first-order chi connectivity index (χ1) is 9.83. The number of aromatic nitrogens is 1. The molecule has 0 spiro atoms. The molecule has 0 bridgehead atoms. The third-order valence-corrected chi connectivity index (χ3v) is 4.27. The van der Waals surface area contributed by atoms with Gasteiger partial charge < -0.3 is 9.88 Å². The highest BCUT2D eigenvalue weighted by Crippen LogP contribution is 2.20. The fourth-order valence-corrected chi connectivity index (χ4v) is 3.00. The Morgan fingerprint density at radius 3 is 2.52 bits per heavy atom. The molecule has 114 valence electrons. The van der Waals surface area contributed by atoms with Gasteiger partial charge in [0.05, 0.1) is 5.69 Å². The molecule has 1 heterocycles. The third-order valence-electron chi connectivity index (χ3n) is 2.92. The van der Waals surface area contributed by atoms with Crippen LogP contribution in [0, 0.1) is 11.6 Å². The topological polar surface area (TPSA) is 63.1 Å². The van der Waals surface area contributed by atoms with Crippen LogP contribution in [-0.4, -0.2) is 20.0 Å². The van der Waals surface area contributed by atoms with Crippen LogP contribution in [0.5, 0.6) is 0 Å². The lowest BCUT2D eigenvalue weighted by atomic mass is 10.3. The number of sulfonamides is 1. The zero-order valence-corrected chi connectivity index (χ0v) is 12.3. The highest BCUT2D eigenvalue weighted by Gasteiger charge is 2.18. The summed E-state index contributed by atoms with van der Waals surface area (Å²) in [6.45, 7) is 0.511. The second-order valence-electron chi connectivity index (χ2n) is 4.54. The van der Waals surface area contributed by atoms with E-state index in [1.165, 1.54) is 12.3 Å². The molecule has 0 aliphatic rings. The van der Waals surface area contributed by atoms with Crippen molar-refractivity contribution in [2.24, 2.45) is 7.05 Å². The molecular formula is C13H15F2N3O2S. The van der Waals surface area contributed by atoms with E-state index in [-0.39, 0.29) is 10.6 Å². The largest absolute Gasteiger partial charge is 0.352 e. The monoisotopic (exact) mass is 315 g/mol. The summed E-state index contributed by atoms with van der Waals surface area (Å²) in [5, 5.41) is 2.93. The maximum Gasteiger partial charge on any atom is 0.263 e. The van der Waals surface area contributed by atoms with Crippen molar-refractivity contribution in [1.82, 2.24) is 9.88 Å². The highest BCUT2D eigenvalue weighted by molar-refractivity contribution is 7.92. The van der Waals surface area contributed by atoms with Gasteiger partial charge in [0.25, 0.3) is 10.0 Å². The van der Waals surface area contributed by atoms with Crippen molar-refractivity contribution in [3.8, 4) is 0 Å². The normalized spacial score (nSPS) is 11.6. The van der Waals surface area contributed by atoms with E-state index in [4.69, 9.17) is 0 Å². The Kier molecular flexibility index (Phi) is 4.29. The van der Waals surface area contributed by atoms with E-state index in [1.807, 2.05) is 0 Å². The molecule has 0 saturated heterocycles. The van der Waals surface area contributed by atoms with Crippen molar-refractivity contribution in [3.05, 3.63) is 47.8 Å². The highest BCUT2D eigenvalue weighted by atomic mass is 32.2. The maximum atomic E-state index is 13.1. The van der Waals surface area contributed by atoms with Gasteiger partial charge in [0.2, 0.25) is 0 Å². The van der Waals surface area contributed by atoms with E-state index in [1.54, 1.807) is 18.7 Å². The van der Waals surface area contributed by atoms with Crippen LogP contribution in [0.3, 0.4) is 0 Å². The van der Waals surface area contributed by atoms with Gasteiger partial charge in [-0.2, -0.15) is 0 Å². The average molecular weight is 315 g/mol. The Morgan fingerprint density at radius 1 is 1.19 bits per heavy atom. The van der Waals surface area contributed by atoms with Crippen LogP contribution in [0.1, 0.15) is 5.69 Å². The molecule has 1 aromatic carbocycles. The lowest BCUT2D eigenvalue weighted by Crippen LogP contribution is -2.12. The summed E-state index contributed by atoms with van der Waals surface area (Å²) >= 11 is 0. The van der Waals surface area contributed by atoms with Crippen molar-refractivity contribution in [2.45, 2.75) is 11.4 Å². The Bertz CT molecular complexity index is 757. The van der Waals surface area contributed by atoms with Gasteiger partial charge in [-0.15, -0.1) is 0 Å². The summed E-state index contributed by atoms with van der Waals surface area (Å²) in [7, 11) is -0.374. The number of nitrogens with zero attached hydrogens (tertiary/aromatic N) is 1. The summed E-state index contributed by atoms with van der Waals surface area (Å²) < 4.78 is 54.2. The number of nitrogens with one attached hydrogen (secondary N) is 2. The molecule has 1 aromatic heterocycles. The molecule has 21 heavy (non-hydrogen) atoms. The number of benzene rings is 1. The molecule has 8 heteroatoms. The molecule has 0 unspecified atom stereocenters. The zero-order chi connectivity index (χ0) is 15.6. The second kappa shape index (κ2) is 5.82. The summed E-state index contributed by atoms with van der Waals surface area (Å²) in [6.07, 6.45) is 1.45. The predicted molar refractivity (Wildman–Crippen MR) is 75.3 cm³/mol. The Labute approximate surface area is 121 Å². The quantitative estimate of drug-likeness (QED) is 0.885. The van der Waals surface area contributed by atoms with Crippen molar-refractivity contribution in [2.75, 3.05) is 11.8 Å². The third kappa shape index (κ3) is 3.40. The first-order valence-electron chi connectivity index (χ1n) is 6.11. The van der Waals surface area contributed by atoms with Gasteiger partial charge >= 0.3 is 0 Å². The molecule has 2 N–H and O–H groups in total. The van der Waals surface area contributed by atoms with Gasteiger partial charge in [-0.25, -0.2) is 17.2 Å². The first kappa shape index (κ1) is 15.5. The van der Waals surface area contributed by atoms with E-state index < -0.39 is 21.7 Å². The van der Waals surface area contributed by atoms with E-state index in [2.05, 4.69) is 10.0 Å². The number of anilines is 1. The van der Waals surface area contributed by atoms with Gasteiger partial charge in [0, 0.05) is 31.5 Å². The minimum atomic E-state index is -3.85. The van der Waals surface area contributed by atoms with E-state index >= 15 is 0 Å². The first-order valence-corrected chi connectivity index (χ1v) is 7.59. The molecule has 0 amide bonds. The van der Waals surface area contributed by atoms with E-state index in [0.29, 0.717) is 6.54 Å². The van der Waals surface area contributed by atoms with Crippen LogP contribution in [0.4, 0.5) is 14.5 Å². The summed E-state index contributed by atoms with van der Waals surface area (Å²) in [6, 6.07) is 4.33. The molecule has 0 saturated carbocycles. The van der Waals surface area contributed by atoms with Gasteiger partial charge in [-0.3, -0.25) is 4.72 Å². The van der Waals surface area contributed by atoms with Gasteiger partial charge in [0.1, 0.15) is 4.90 Å². The lowest BCUT2D eigenvalue weighted by Gasteiger charge is -2.06. The molecule has 2 aromatic rings. The van der Waals surface area contributed by atoms with Crippen molar-refractivity contribution in [1.29, 1.82) is 0 Å². The minimum absolute atomic E-state index is 0.0343. The number of halogens is 2. The van der Waals surface area contributed by atoms with Gasteiger partial charge in [0.15, 0.2) is 11.6 Å². The average Bonchev–Trinajstić information content (AvgIpc) is 2.77. The number of hydrogen-bond donors (Lipinski definition) is 2.